The molecule has 1 heterocycles. The molecule has 2 rings (SSSR count). The van der Waals surface area contributed by atoms with E-state index >= 15 is 0 Å². The lowest BCUT2D eigenvalue weighted by Gasteiger charge is -2.30. The summed E-state index contributed by atoms with van der Waals surface area (Å²) < 4.78 is 40.1. The minimum Gasteiger partial charge on any atom is -0.463 e. The summed E-state index contributed by atoms with van der Waals surface area (Å²) in [5.74, 6) is -2.13. The first-order chi connectivity index (χ1) is 13.3. The zero-order chi connectivity index (χ0) is 20.8. The molecule has 0 fully saturated rings. The predicted octanol–water partition coefficient (Wildman–Crippen LogP) is 3.65. The van der Waals surface area contributed by atoms with Crippen molar-refractivity contribution in [1.29, 1.82) is 0 Å². The Labute approximate surface area is 162 Å². The fourth-order valence-electron chi connectivity index (χ4n) is 3.16. The fraction of sp³-hybridized carbons (Fsp3) is 0.400. The van der Waals surface area contributed by atoms with Gasteiger partial charge in [0.15, 0.2) is 0 Å². The standard InChI is InChI=1S/C20H23F2NO5/c1-5-26-18(24)15-11(3)23-12(4)16(19(25)27-6-2)17(15)13-8-7-9-14(10-13)28-20(21)22/h7-10,17,20,23H,5-6H2,1-4H3. The third kappa shape index (κ3) is 4.68. The Balaban J connectivity index is 2.62. The normalized spacial score (nSPS) is 14.8. The second-order valence-corrected chi connectivity index (χ2v) is 6.03. The summed E-state index contributed by atoms with van der Waals surface area (Å²) in [5, 5.41) is 3.01. The van der Waals surface area contributed by atoms with Crippen LogP contribution in [0.5, 0.6) is 5.75 Å². The highest BCUT2D eigenvalue weighted by atomic mass is 19.3. The van der Waals surface area contributed by atoms with Crippen LogP contribution < -0.4 is 10.1 Å². The van der Waals surface area contributed by atoms with Crippen LogP contribution in [0.4, 0.5) is 8.78 Å². The number of carbonyl (C=O) groups is 2. The Kier molecular flexibility index (Phi) is 7.14. The number of dihydropyridines is 1. The van der Waals surface area contributed by atoms with Gasteiger partial charge in [-0.2, -0.15) is 8.78 Å². The summed E-state index contributed by atoms with van der Waals surface area (Å²) in [4.78, 5) is 25.3. The van der Waals surface area contributed by atoms with Crippen molar-refractivity contribution in [3.8, 4) is 5.75 Å². The van der Waals surface area contributed by atoms with Gasteiger partial charge in [-0.05, 0) is 45.4 Å². The SMILES string of the molecule is CCOC(=O)C1=C(C)NC(C)=C(C(=O)OCC)C1c1cccc(OC(F)F)c1. The van der Waals surface area contributed by atoms with Crippen molar-refractivity contribution in [3.05, 3.63) is 52.4 Å². The molecule has 1 aromatic carbocycles. The molecule has 0 saturated heterocycles. The van der Waals surface area contributed by atoms with E-state index in [1.807, 2.05) is 0 Å². The number of alkyl halides is 2. The molecule has 152 valence electrons. The lowest BCUT2D eigenvalue weighted by atomic mass is 9.80. The maximum absolute atomic E-state index is 12.6. The van der Waals surface area contributed by atoms with Gasteiger partial charge >= 0.3 is 18.6 Å². The van der Waals surface area contributed by atoms with Crippen LogP contribution in [0.15, 0.2) is 46.8 Å². The highest BCUT2D eigenvalue weighted by Crippen LogP contribution is 2.40. The second kappa shape index (κ2) is 9.34. The zero-order valence-electron chi connectivity index (χ0n) is 16.2. The number of esters is 2. The van der Waals surface area contributed by atoms with Crippen molar-refractivity contribution in [2.24, 2.45) is 0 Å². The Morgan fingerprint density at radius 3 is 2.04 bits per heavy atom. The number of nitrogens with one attached hydrogen (secondary N) is 1. The van der Waals surface area contributed by atoms with E-state index in [4.69, 9.17) is 9.47 Å². The number of ether oxygens (including phenoxy) is 3. The third-order valence-corrected chi connectivity index (χ3v) is 4.17. The highest BCUT2D eigenvalue weighted by Gasteiger charge is 2.38. The predicted molar refractivity (Wildman–Crippen MR) is 97.6 cm³/mol. The minimum atomic E-state index is -2.99. The lowest BCUT2D eigenvalue weighted by molar-refractivity contribution is -0.139. The van der Waals surface area contributed by atoms with Gasteiger partial charge in [0, 0.05) is 11.4 Å². The van der Waals surface area contributed by atoms with Gasteiger partial charge in [0.25, 0.3) is 0 Å². The summed E-state index contributed by atoms with van der Waals surface area (Å²) in [7, 11) is 0. The molecule has 0 aromatic heterocycles. The van der Waals surface area contributed by atoms with Crippen LogP contribution in [0.25, 0.3) is 0 Å². The molecule has 1 N–H and O–H groups in total. The van der Waals surface area contributed by atoms with E-state index in [0.717, 1.165) is 0 Å². The number of rotatable bonds is 7. The zero-order valence-corrected chi connectivity index (χ0v) is 16.2. The van der Waals surface area contributed by atoms with Gasteiger partial charge in [-0.3, -0.25) is 0 Å². The first kappa shape index (κ1) is 21.4. The van der Waals surface area contributed by atoms with Crippen LogP contribution in [0.3, 0.4) is 0 Å². The van der Waals surface area contributed by atoms with Crippen molar-refractivity contribution in [1.82, 2.24) is 5.32 Å². The quantitative estimate of drug-likeness (QED) is 0.711. The van der Waals surface area contributed by atoms with Crippen LogP contribution in [-0.2, 0) is 19.1 Å². The van der Waals surface area contributed by atoms with Gasteiger partial charge in [0.05, 0.1) is 30.3 Å². The molecule has 28 heavy (non-hydrogen) atoms. The monoisotopic (exact) mass is 395 g/mol. The van der Waals surface area contributed by atoms with Crippen molar-refractivity contribution >= 4 is 11.9 Å². The van der Waals surface area contributed by atoms with Gasteiger partial charge in [0.2, 0.25) is 0 Å². The molecule has 0 aliphatic carbocycles. The second-order valence-electron chi connectivity index (χ2n) is 6.03. The number of benzene rings is 1. The largest absolute Gasteiger partial charge is 0.463 e. The maximum atomic E-state index is 12.6. The Morgan fingerprint density at radius 2 is 1.57 bits per heavy atom. The highest BCUT2D eigenvalue weighted by molar-refractivity contribution is 5.99. The van der Waals surface area contributed by atoms with E-state index in [1.165, 1.54) is 18.2 Å². The third-order valence-electron chi connectivity index (χ3n) is 4.17. The first-order valence-electron chi connectivity index (χ1n) is 8.87. The Bertz CT molecular complexity index is 777. The molecule has 8 heteroatoms. The molecule has 0 bridgehead atoms. The molecule has 0 amide bonds. The molecule has 0 unspecified atom stereocenters. The van der Waals surface area contributed by atoms with Gasteiger partial charge in [-0.1, -0.05) is 12.1 Å². The van der Waals surface area contributed by atoms with E-state index in [9.17, 15) is 18.4 Å². The first-order valence-corrected chi connectivity index (χ1v) is 8.87. The molecule has 1 aromatic rings. The molecule has 1 aliphatic heterocycles. The fourth-order valence-corrected chi connectivity index (χ4v) is 3.16. The number of hydrogen-bond acceptors (Lipinski definition) is 6. The van der Waals surface area contributed by atoms with E-state index in [2.05, 4.69) is 10.1 Å². The number of carbonyl (C=O) groups excluding carboxylic acids is 2. The van der Waals surface area contributed by atoms with Crippen molar-refractivity contribution in [3.63, 3.8) is 0 Å². The van der Waals surface area contributed by atoms with E-state index in [1.54, 1.807) is 33.8 Å². The molecule has 0 saturated carbocycles. The van der Waals surface area contributed by atoms with Gasteiger partial charge in [-0.25, -0.2) is 9.59 Å². The van der Waals surface area contributed by atoms with Crippen LogP contribution >= 0.6 is 0 Å². The Morgan fingerprint density at radius 1 is 1.04 bits per heavy atom. The summed E-state index contributed by atoms with van der Waals surface area (Å²) in [5.41, 5.74) is 1.88. The van der Waals surface area contributed by atoms with E-state index in [0.29, 0.717) is 17.0 Å². The number of hydrogen-bond donors (Lipinski definition) is 1. The number of allylic oxidation sites excluding steroid dienone is 2. The minimum absolute atomic E-state index is 0.0762. The van der Waals surface area contributed by atoms with Crippen molar-refractivity contribution in [2.45, 2.75) is 40.2 Å². The average Bonchev–Trinajstić information content (AvgIpc) is 2.61. The molecule has 6 nitrogen and oxygen atoms in total. The maximum Gasteiger partial charge on any atom is 0.387 e. The van der Waals surface area contributed by atoms with Crippen LogP contribution in [0, 0.1) is 0 Å². The molecule has 1 aliphatic rings. The summed E-state index contributed by atoms with van der Waals surface area (Å²) in [6, 6.07) is 5.90. The molecule has 0 radical (unpaired) electrons. The molecule has 0 atom stereocenters. The number of halogens is 2. The van der Waals surface area contributed by atoms with Crippen molar-refractivity contribution in [2.75, 3.05) is 13.2 Å². The smallest absolute Gasteiger partial charge is 0.387 e. The average molecular weight is 395 g/mol. The van der Waals surface area contributed by atoms with E-state index in [-0.39, 0.29) is 30.1 Å². The summed E-state index contributed by atoms with van der Waals surface area (Å²) in [6.45, 7) is 4.01. The Hall–Kier alpha value is -2.90. The van der Waals surface area contributed by atoms with Gasteiger partial charge < -0.3 is 19.5 Å². The van der Waals surface area contributed by atoms with Crippen LogP contribution in [0.1, 0.15) is 39.2 Å². The summed E-state index contributed by atoms with van der Waals surface area (Å²) in [6.07, 6.45) is 0. The summed E-state index contributed by atoms with van der Waals surface area (Å²) >= 11 is 0. The van der Waals surface area contributed by atoms with Gasteiger partial charge in [-0.15, -0.1) is 0 Å². The van der Waals surface area contributed by atoms with Crippen LogP contribution in [0.2, 0.25) is 0 Å². The topological polar surface area (TPSA) is 73.9 Å². The van der Waals surface area contributed by atoms with Crippen molar-refractivity contribution < 1.29 is 32.6 Å². The lowest BCUT2D eigenvalue weighted by Crippen LogP contribution is -2.32. The van der Waals surface area contributed by atoms with E-state index < -0.39 is 24.5 Å². The molecular weight excluding hydrogens is 372 g/mol. The molecular formula is C20H23F2NO5. The van der Waals surface area contributed by atoms with Gasteiger partial charge in [0.1, 0.15) is 5.75 Å². The van der Waals surface area contributed by atoms with Crippen LogP contribution in [-0.4, -0.2) is 31.8 Å². The molecule has 0 spiro atoms.